The first-order valence-electron chi connectivity index (χ1n) is 6.23. The van der Waals surface area contributed by atoms with Crippen molar-refractivity contribution in [1.29, 1.82) is 0 Å². The lowest BCUT2D eigenvalue weighted by molar-refractivity contribution is 0.0779. The Morgan fingerprint density at radius 2 is 2.16 bits per heavy atom. The second-order valence-corrected chi connectivity index (χ2v) is 4.12. The van der Waals surface area contributed by atoms with E-state index in [-0.39, 0.29) is 12.5 Å². The van der Waals surface area contributed by atoms with Crippen LogP contribution in [0.3, 0.4) is 0 Å². The minimum atomic E-state index is -0.0296. The highest BCUT2D eigenvalue weighted by molar-refractivity contribution is 5.96. The maximum atomic E-state index is 12.3. The van der Waals surface area contributed by atoms with E-state index in [2.05, 4.69) is 11.8 Å². The van der Waals surface area contributed by atoms with Crippen molar-refractivity contribution in [2.75, 3.05) is 33.9 Å². The highest BCUT2D eigenvalue weighted by atomic mass is 16.5. The summed E-state index contributed by atoms with van der Waals surface area (Å²) in [6.45, 7) is 1.59. The Balaban J connectivity index is 2.81. The first-order valence-corrected chi connectivity index (χ1v) is 6.23. The molecule has 19 heavy (non-hydrogen) atoms. The fourth-order valence-corrected chi connectivity index (χ4v) is 1.68. The zero-order valence-electron chi connectivity index (χ0n) is 11.5. The van der Waals surface area contributed by atoms with Gasteiger partial charge in [0.25, 0.3) is 5.91 Å². The summed E-state index contributed by atoms with van der Waals surface area (Å²) in [6, 6.07) is 7.32. The molecule has 4 nitrogen and oxygen atoms in total. The number of amides is 1. The van der Waals surface area contributed by atoms with Gasteiger partial charge in [0.15, 0.2) is 0 Å². The molecule has 0 saturated heterocycles. The Morgan fingerprint density at radius 3 is 2.84 bits per heavy atom. The Hall–Kier alpha value is -1.83. The monoisotopic (exact) mass is 260 g/mol. The maximum Gasteiger partial charge on any atom is 0.254 e. The molecule has 102 valence electrons. The van der Waals surface area contributed by atoms with Crippen LogP contribution >= 0.6 is 0 Å². The number of benzene rings is 1. The molecule has 0 bridgehead atoms. The molecule has 0 atom stereocenters. The van der Waals surface area contributed by atoms with E-state index in [0.29, 0.717) is 18.7 Å². The third kappa shape index (κ3) is 4.74. The predicted molar refractivity (Wildman–Crippen MR) is 75.8 cm³/mol. The van der Waals surface area contributed by atoms with Crippen LogP contribution in [0.1, 0.15) is 22.3 Å². The number of methoxy groups -OCH3 is 1. The molecule has 0 aliphatic rings. The van der Waals surface area contributed by atoms with E-state index in [4.69, 9.17) is 10.5 Å². The maximum absolute atomic E-state index is 12.3. The van der Waals surface area contributed by atoms with Crippen LogP contribution in [0.25, 0.3) is 0 Å². The molecule has 0 radical (unpaired) electrons. The van der Waals surface area contributed by atoms with Crippen molar-refractivity contribution in [3.63, 3.8) is 0 Å². The zero-order chi connectivity index (χ0) is 14.1. The Morgan fingerprint density at radius 1 is 1.42 bits per heavy atom. The second-order valence-electron chi connectivity index (χ2n) is 4.12. The quantitative estimate of drug-likeness (QED) is 0.637. The number of carbonyl (C=O) groups is 1. The van der Waals surface area contributed by atoms with E-state index in [9.17, 15) is 4.79 Å². The molecule has 0 aliphatic carbocycles. The predicted octanol–water partition coefficient (Wildman–Crippen LogP) is 1.11. The molecule has 1 aromatic rings. The molecule has 0 unspecified atom stereocenters. The van der Waals surface area contributed by atoms with Gasteiger partial charge in [0, 0.05) is 32.9 Å². The highest BCUT2D eigenvalue weighted by Gasteiger charge is 2.14. The van der Waals surface area contributed by atoms with Gasteiger partial charge < -0.3 is 15.4 Å². The molecule has 0 saturated carbocycles. The number of rotatable bonds is 5. The summed E-state index contributed by atoms with van der Waals surface area (Å²) in [5, 5.41) is 0. The summed E-state index contributed by atoms with van der Waals surface area (Å²) in [4.78, 5) is 14.0. The minimum absolute atomic E-state index is 0.0296. The molecular weight excluding hydrogens is 240 g/mol. The molecule has 0 fully saturated rings. The van der Waals surface area contributed by atoms with E-state index < -0.39 is 0 Å². The fourth-order valence-electron chi connectivity index (χ4n) is 1.68. The summed E-state index contributed by atoms with van der Waals surface area (Å²) >= 11 is 0. The standard InChI is InChI=1S/C15H20N2O2/c1-17(11-6-12-19-2)15(18)14-9-4-3-7-13(14)8-5-10-16/h3-4,7,9H,6,10-12,16H2,1-2H3. The third-order valence-corrected chi connectivity index (χ3v) is 2.67. The molecule has 1 aromatic carbocycles. The average Bonchev–Trinajstić information content (AvgIpc) is 2.44. The van der Waals surface area contributed by atoms with E-state index in [1.807, 2.05) is 18.2 Å². The largest absolute Gasteiger partial charge is 0.385 e. The van der Waals surface area contributed by atoms with Crippen LogP contribution in [0.5, 0.6) is 0 Å². The fraction of sp³-hybridized carbons (Fsp3) is 0.400. The normalized spacial score (nSPS) is 9.63. The van der Waals surface area contributed by atoms with Gasteiger partial charge >= 0.3 is 0 Å². The van der Waals surface area contributed by atoms with Gasteiger partial charge in [-0.25, -0.2) is 0 Å². The Bertz CT molecular complexity index is 475. The topological polar surface area (TPSA) is 55.6 Å². The summed E-state index contributed by atoms with van der Waals surface area (Å²) < 4.78 is 4.98. The van der Waals surface area contributed by atoms with Crippen molar-refractivity contribution in [3.8, 4) is 11.8 Å². The van der Waals surface area contributed by atoms with Crippen molar-refractivity contribution in [3.05, 3.63) is 35.4 Å². The van der Waals surface area contributed by atoms with Crippen molar-refractivity contribution in [2.24, 2.45) is 5.73 Å². The molecule has 0 aromatic heterocycles. The number of carbonyl (C=O) groups excluding carboxylic acids is 1. The van der Waals surface area contributed by atoms with Crippen molar-refractivity contribution in [1.82, 2.24) is 4.90 Å². The molecule has 0 spiro atoms. The molecule has 4 heteroatoms. The molecule has 0 heterocycles. The molecular formula is C15H20N2O2. The summed E-state index contributed by atoms with van der Waals surface area (Å²) in [7, 11) is 3.44. The lowest BCUT2D eigenvalue weighted by atomic mass is 10.1. The highest BCUT2D eigenvalue weighted by Crippen LogP contribution is 2.10. The first kappa shape index (κ1) is 15.2. The molecule has 1 rings (SSSR count). The zero-order valence-corrected chi connectivity index (χ0v) is 11.5. The van der Waals surface area contributed by atoms with Crippen LogP contribution in [0.2, 0.25) is 0 Å². The van der Waals surface area contributed by atoms with Gasteiger partial charge in [-0.1, -0.05) is 24.0 Å². The van der Waals surface area contributed by atoms with Gasteiger partial charge in [0.05, 0.1) is 12.1 Å². The first-order chi connectivity index (χ1) is 9.20. The number of nitrogens with zero attached hydrogens (tertiary/aromatic N) is 1. The molecule has 1 amide bonds. The Labute approximate surface area is 114 Å². The van der Waals surface area contributed by atoms with E-state index in [1.165, 1.54) is 0 Å². The van der Waals surface area contributed by atoms with Crippen LogP contribution in [-0.2, 0) is 4.74 Å². The van der Waals surface area contributed by atoms with Crippen LogP contribution in [0, 0.1) is 11.8 Å². The van der Waals surface area contributed by atoms with Crippen molar-refractivity contribution >= 4 is 5.91 Å². The third-order valence-electron chi connectivity index (χ3n) is 2.67. The lowest BCUT2D eigenvalue weighted by Gasteiger charge is -2.17. The van der Waals surface area contributed by atoms with Gasteiger partial charge in [0.1, 0.15) is 0 Å². The van der Waals surface area contributed by atoms with Gasteiger partial charge in [-0.15, -0.1) is 0 Å². The minimum Gasteiger partial charge on any atom is -0.385 e. The molecule has 2 N–H and O–H groups in total. The summed E-state index contributed by atoms with van der Waals surface area (Å²) in [5.74, 6) is 5.68. The number of hydrogen-bond acceptors (Lipinski definition) is 3. The summed E-state index contributed by atoms with van der Waals surface area (Å²) in [5.41, 5.74) is 6.69. The van der Waals surface area contributed by atoms with Gasteiger partial charge in [-0.3, -0.25) is 4.79 Å². The number of nitrogens with two attached hydrogens (primary N) is 1. The van der Waals surface area contributed by atoms with E-state index in [0.717, 1.165) is 12.0 Å². The van der Waals surface area contributed by atoms with Crippen molar-refractivity contribution < 1.29 is 9.53 Å². The van der Waals surface area contributed by atoms with Crippen LogP contribution in [0.4, 0.5) is 0 Å². The van der Waals surface area contributed by atoms with Gasteiger partial charge in [-0.05, 0) is 18.6 Å². The van der Waals surface area contributed by atoms with Gasteiger partial charge in [-0.2, -0.15) is 0 Å². The molecule has 0 aliphatic heterocycles. The Kier molecular flexibility index (Phi) is 6.65. The van der Waals surface area contributed by atoms with E-state index in [1.54, 1.807) is 25.1 Å². The van der Waals surface area contributed by atoms with Crippen LogP contribution < -0.4 is 5.73 Å². The van der Waals surface area contributed by atoms with Crippen molar-refractivity contribution in [2.45, 2.75) is 6.42 Å². The lowest BCUT2D eigenvalue weighted by Crippen LogP contribution is -2.29. The van der Waals surface area contributed by atoms with Crippen LogP contribution in [0.15, 0.2) is 24.3 Å². The number of ether oxygens (including phenoxy) is 1. The second kappa shape index (κ2) is 8.30. The van der Waals surface area contributed by atoms with Crippen LogP contribution in [-0.4, -0.2) is 44.7 Å². The average molecular weight is 260 g/mol. The smallest absolute Gasteiger partial charge is 0.254 e. The number of hydrogen-bond donors (Lipinski definition) is 1. The summed E-state index contributed by atoms with van der Waals surface area (Å²) in [6.07, 6.45) is 0.815. The van der Waals surface area contributed by atoms with E-state index >= 15 is 0 Å². The SMILES string of the molecule is COCCCN(C)C(=O)c1ccccc1C#CCN. The van der Waals surface area contributed by atoms with Gasteiger partial charge in [0.2, 0.25) is 0 Å².